The Morgan fingerprint density at radius 1 is 1.27 bits per heavy atom. The van der Waals surface area contributed by atoms with E-state index in [1.807, 2.05) is 38.1 Å². The van der Waals surface area contributed by atoms with Gasteiger partial charge in [0, 0.05) is 43.7 Å². The maximum absolute atomic E-state index is 12.1. The lowest BCUT2D eigenvalue weighted by molar-refractivity contribution is -0.128. The van der Waals surface area contributed by atoms with Crippen LogP contribution in [-0.2, 0) is 11.2 Å². The number of hydrogen-bond donors (Lipinski definition) is 1. The summed E-state index contributed by atoms with van der Waals surface area (Å²) in [5.41, 5.74) is 1.86. The van der Waals surface area contributed by atoms with Crippen molar-refractivity contribution >= 4 is 11.7 Å². The zero-order valence-electron chi connectivity index (χ0n) is 13.2. The highest BCUT2D eigenvalue weighted by atomic mass is 16.2. The van der Waals surface area contributed by atoms with E-state index < -0.39 is 0 Å². The first kappa shape index (κ1) is 15.9. The fourth-order valence-corrected chi connectivity index (χ4v) is 2.06. The molecule has 0 aliphatic carbocycles. The van der Waals surface area contributed by atoms with Crippen molar-refractivity contribution in [2.24, 2.45) is 0 Å². The van der Waals surface area contributed by atoms with Gasteiger partial charge in [-0.1, -0.05) is 6.07 Å². The highest BCUT2D eigenvalue weighted by molar-refractivity contribution is 5.80. The van der Waals surface area contributed by atoms with E-state index in [1.165, 1.54) is 0 Å². The Balaban J connectivity index is 1.81. The van der Waals surface area contributed by atoms with Gasteiger partial charge >= 0.3 is 0 Å². The van der Waals surface area contributed by atoms with Crippen LogP contribution in [0.2, 0.25) is 0 Å². The number of amides is 1. The molecular weight excluding hydrogens is 278 g/mol. The van der Waals surface area contributed by atoms with E-state index in [1.54, 1.807) is 18.1 Å². The molecule has 0 aromatic carbocycles. The molecule has 0 atom stereocenters. The number of aryl methyl sites for hydroxylation is 2. The summed E-state index contributed by atoms with van der Waals surface area (Å²) < 4.78 is 0. The van der Waals surface area contributed by atoms with Crippen LogP contribution in [0.25, 0.3) is 0 Å². The molecule has 0 fully saturated rings. The monoisotopic (exact) mass is 299 g/mol. The van der Waals surface area contributed by atoms with Gasteiger partial charge in [0.25, 0.3) is 0 Å². The molecule has 0 radical (unpaired) electrons. The molecule has 0 spiro atoms. The average molecular weight is 299 g/mol. The number of pyridine rings is 1. The zero-order chi connectivity index (χ0) is 15.9. The molecule has 2 aromatic heterocycles. The first-order valence-corrected chi connectivity index (χ1v) is 7.24. The second-order valence-corrected chi connectivity index (χ2v) is 5.18. The summed E-state index contributed by atoms with van der Waals surface area (Å²) in [5.74, 6) is 1.39. The molecule has 0 bridgehead atoms. The van der Waals surface area contributed by atoms with E-state index in [2.05, 4.69) is 20.3 Å². The predicted octanol–water partition coefficient (Wildman–Crippen LogP) is 1.60. The highest BCUT2D eigenvalue weighted by Gasteiger charge is 2.09. The number of likely N-dealkylation sites (N-methyl/N-ethyl adjacent to an activating group) is 1. The van der Waals surface area contributed by atoms with Crippen molar-refractivity contribution in [1.82, 2.24) is 19.9 Å². The third-order valence-electron chi connectivity index (χ3n) is 3.24. The fourth-order valence-electron chi connectivity index (χ4n) is 2.06. The number of carbonyl (C=O) groups excluding carboxylic acids is 1. The van der Waals surface area contributed by atoms with Crippen LogP contribution in [0, 0.1) is 13.8 Å². The number of rotatable bonds is 6. The van der Waals surface area contributed by atoms with Crippen molar-refractivity contribution in [3.05, 3.63) is 47.7 Å². The van der Waals surface area contributed by atoms with Gasteiger partial charge < -0.3 is 10.2 Å². The second-order valence-electron chi connectivity index (χ2n) is 5.18. The maximum atomic E-state index is 12.1. The van der Waals surface area contributed by atoms with E-state index in [9.17, 15) is 4.79 Å². The Hall–Kier alpha value is -2.50. The topological polar surface area (TPSA) is 71.0 Å². The molecule has 0 aliphatic rings. The fraction of sp³-hybridized carbons (Fsp3) is 0.375. The number of nitrogens with zero attached hydrogens (tertiary/aromatic N) is 4. The van der Waals surface area contributed by atoms with Gasteiger partial charge in [0.1, 0.15) is 11.6 Å². The molecule has 116 valence electrons. The Morgan fingerprint density at radius 3 is 2.77 bits per heavy atom. The van der Waals surface area contributed by atoms with Crippen LogP contribution < -0.4 is 5.32 Å². The van der Waals surface area contributed by atoms with Crippen LogP contribution in [0.5, 0.6) is 0 Å². The van der Waals surface area contributed by atoms with Crippen LogP contribution >= 0.6 is 0 Å². The molecule has 2 rings (SSSR count). The summed E-state index contributed by atoms with van der Waals surface area (Å²) >= 11 is 0. The van der Waals surface area contributed by atoms with Crippen LogP contribution in [0.4, 0.5) is 5.82 Å². The van der Waals surface area contributed by atoms with Gasteiger partial charge in [-0.15, -0.1) is 0 Å². The third-order valence-corrected chi connectivity index (χ3v) is 3.24. The average Bonchev–Trinajstić information content (AvgIpc) is 2.50. The van der Waals surface area contributed by atoms with E-state index in [4.69, 9.17) is 0 Å². The standard InChI is InChI=1S/C16H21N5O/c1-12-10-15(20-13(2)19-12)18-11-16(22)21(3)9-7-14-6-4-5-8-17-14/h4-6,8,10H,7,9,11H2,1-3H3,(H,18,19,20). The van der Waals surface area contributed by atoms with Crippen molar-refractivity contribution in [3.63, 3.8) is 0 Å². The SMILES string of the molecule is Cc1cc(NCC(=O)N(C)CCc2ccccn2)nc(C)n1. The lowest BCUT2D eigenvalue weighted by Crippen LogP contribution is -2.34. The minimum absolute atomic E-state index is 0.0184. The van der Waals surface area contributed by atoms with E-state index in [-0.39, 0.29) is 12.5 Å². The molecule has 0 saturated heterocycles. The summed E-state index contributed by atoms with van der Waals surface area (Å²) in [6.07, 6.45) is 2.51. The predicted molar refractivity (Wildman–Crippen MR) is 85.6 cm³/mol. The van der Waals surface area contributed by atoms with Crippen LogP contribution in [-0.4, -0.2) is 45.9 Å². The van der Waals surface area contributed by atoms with Crippen LogP contribution in [0.3, 0.4) is 0 Å². The molecule has 22 heavy (non-hydrogen) atoms. The first-order valence-electron chi connectivity index (χ1n) is 7.24. The number of anilines is 1. The summed E-state index contributed by atoms with van der Waals surface area (Å²) in [6, 6.07) is 7.62. The minimum Gasteiger partial charge on any atom is -0.361 e. The third kappa shape index (κ3) is 4.80. The lowest BCUT2D eigenvalue weighted by atomic mass is 10.2. The van der Waals surface area contributed by atoms with Crippen molar-refractivity contribution in [2.75, 3.05) is 25.5 Å². The van der Waals surface area contributed by atoms with Gasteiger partial charge in [-0.05, 0) is 26.0 Å². The molecule has 2 aromatic rings. The zero-order valence-corrected chi connectivity index (χ0v) is 13.2. The second kappa shape index (κ2) is 7.49. The first-order chi connectivity index (χ1) is 10.5. The molecule has 6 nitrogen and oxygen atoms in total. The quantitative estimate of drug-likeness (QED) is 0.877. The molecular formula is C16H21N5O. The Bertz CT molecular complexity index is 609. The van der Waals surface area contributed by atoms with Gasteiger partial charge in [-0.25, -0.2) is 9.97 Å². The number of hydrogen-bond acceptors (Lipinski definition) is 5. The summed E-state index contributed by atoms with van der Waals surface area (Å²) in [7, 11) is 1.80. The van der Waals surface area contributed by atoms with Crippen molar-refractivity contribution < 1.29 is 4.79 Å². The van der Waals surface area contributed by atoms with E-state index in [0.717, 1.165) is 17.8 Å². The molecule has 0 aliphatic heterocycles. The van der Waals surface area contributed by atoms with Gasteiger partial charge in [0.05, 0.1) is 6.54 Å². The van der Waals surface area contributed by atoms with Crippen LogP contribution in [0.1, 0.15) is 17.2 Å². The molecule has 6 heteroatoms. The normalized spacial score (nSPS) is 10.3. The molecule has 0 saturated carbocycles. The molecule has 1 N–H and O–H groups in total. The maximum Gasteiger partial charge on any atom is 0.241 e. The van der Waals surface area contributed by atoms with Gasteiger partial charge in [-0.2, -0.15) is 0 Å². The molecule has 1 amide bonds. The van der Waals surface area contributed by atoms with Gasteiger partial charge in [0.15, 0.2) is 0 Å². The van der Waals surface area contributed by atoms with Crippen LogP contribution in [0.15, 0.2) is 30.5 Å². The van der Waals surface area contributed by atoms with E-state index >= 15 is 0 Å². The summed E-state index contributed by atoms with van der Waals surface area (Å²) in [4.78, 5) is 26.5. The van der Waals surface area contributed by atoms with Crippen molar-refractivity contribution in [3.8, 4) is 0 Å². The Kier molecular flexibility index (Phi) is 5.41. The Labute approximate surface area is 130 Å². The smallest absolute Gasteiger partial charge is 0.241 e. The van der Waals surface area contributed by atoms with Gasteiger partial charge in [0.2, 0.25) is 5.91 Å². The van der Waals surface area contributed by atoms with Crippen molar-refractivity contribution in [2.45, 2.75) is 20.3 Å². The number of carbonyl (C=O) groups is 1. The number of nitrogens with one attached hydrogen (secondary N) is 1. The summed E-state index contributed by atoms with van der Waals surface area (Å²) in [6.45, 7) is 4.59. The summed E-state index contributed by atoms with van der Waals surface area (Å²) in [5, 5.41) is 3.05. The number of aromatic nitrogens is 3. The minimum atomic E-state index is 0.0184. The lowest BCUT2D eigenvalue weighted by Gasteiger charge is -2.17. The van der Waals surface area contributed by atoms with Crippen molar-refractivity contribution in [1.29, 1.82) is 0 Å². The van der Waals surface area contributed by atoms with E-state index in [0.29, 0.717) is 18.2 Å². The molecule has 0 unspecified atom stereocenters. The molecule has 2 heterocycles. The largest absolute Gasteiger partial charge is 0.361 e. The Morgan fingerprint density at radius 2 is 2.09 bits per heavy atom. The highest BCUT2D eigenvalue weighted by Crippen LogP contribution is 2.05. The van der Waals surface area contributed by atoms with Gasteiger partial charge in [-0.3, -0.25) is 9.78 Å².